The molecule has 2 amide bonds. The van der Waals surface area contributed by atoms with Crippen molar-refractivity contribution in [1.29, 1.82) is 0 Å². The molecule has 2 fully saturated rings. The summed E-state index contributed by atoms with van der Waals surface area (Å²) in [5.41, 5.74) is 1.00. The first kappa shape index (κ1) is 19.0. The lowest BCUT2D eigenvalue weighted by molar-refractivity contribution is -0.139. The highest BCUT2D eigenvalue weighted by Crippen LogP contribution is 2.28. The third-order valence-corrected chi connectivity index (χ3v) is 5.88. The summed E-state index contributed by atoms with van der Waals surface area (Å²) in [6.45, 7) is 2.19. The van der Waals surface area contributed by atoms with Crippen LogP contribution in [0.5, 0.6) is 0 Å². The molecule has 2 aliphatic rings. The summed E-state index contributed by atoms with van der Waals surface area (Å²) in [5.74, 6) is 1.64. The van der Waals surface area contributed by atoms with Gasteiger partial charge in [-0.15, -0.1) is 0 Å². The Balaban J connectivity index is 1.38. The van der Waals surface area contributed by atoms with E-state index in [1.807, 2.05) is 29.2 Å². The molecule has 4 rings (SSSR count). The molecule has 0 aliphatic carbocycles. The number of rotatable bonds is 5. The van der Waals surface area contributed by atoms with Crippen molar-refractivity contribution in [3.05, 3.63) is 52.7 Å². The van der Waals surface area contributed by atoms with Gasteiger partial charge in [-0.25, -0.2) is 4.98 Å². The topological polar surface area (TPSA) is 66.7 Å². The minimum absolute atomic E-state index is 0.0165. The molecule has 28 heavy (non-hydrogen) atoms. The third kappa shape index (κ3) is 4.22. The van der Waals surface area contributed by atoms with Crippen LogP contribution in [-0.2, 0) is 16.0 Å². The number of carbonyl (C=O) groups is 2. The maximum absolute atomic E-state index is 12.6. The SMILES string of the molecule is O=C1CCCN1CC(=O)N1CCCC(c2ncc(Cc3ccccc3Cl)o2)C1. The van der Waals surface area contributed by atoms with Gasteiger partial charge >= 0.3 is 0 Å². The summed E-state index contributed by atoms with van der Waals surface area (Å²) in [7, 11) is 0. The number of likely N-dealkylation sites (tertiary alicyclic amines) is 2. The van der Waals surface area contributed by atoms with Gasteiger partial charge in [0.25, 0.3) is 0 Å². The van der Waals surface area contributed by atoms with Crippen molar-refractivity contribution in [2.24, 2.45) is 0 Å². The van der Waals surface area contributed by atoms with Crippen LogP contribution in [0.25, 0.3) is 0 Å². The minimum atomic E-state index is 0.0165. The summed E-state index contributed by atoms with van der Waals surface area (Å²) in [6, 6.07) is 7.70. The molecule has 0 N–H and O–H groups in total. The molecule has 1 aromatic heterocycles. The first-order valence-electron chi connectivity index (χ1n) is 9.83. The zero-order valence-corrected chi connectivity index (χ0v) is 16.5. The average Bonchev–Trinajstić information content (AvgIpc) is 3.33. The summed E-state index contributed by atoms with van der Waals surface area (Å²) >= 11 is 6.23. The highest BCUT2D eigenvalue weighted by molar-refractivity contribution is 6.31. The summed E-state index contributed by atoms with van der Waals surface area (Å²) in [5, 5.41) is 0.714. The maximum Gasteiger partial charge on any atom is 0.242 e. The number of nitrogens with zero attached hydrogens (tertiary/aromatic N) is 3. The van der Waals surface area contributed by atoms with E-state index in [-0.39, 0.29) is 24.3 Å². The Morgan fingerprint density at radius 2 is 2.11 bits per heavy atom. The molecular formula is C21H24ClN3O3. The molecule has 0 spiro atoms. The zero-order chi connectivity index (χ0) is 19.5. The number of oxazole rings is 1. The fourth-order valence-electron chi connectivity index (χ4n) is 3.96. The third-order valence-electron chi connectivity index (χ3n) is 5.51. The van der Waals surface area contributed by atoms with Crippen LogP contribution in [0.15, 0.2) is 34.9 Å². The second kappa shape index (κ2) is 8.35. The molecular weight excluding hydrogens is 378 g/mol. The van der Waals surface area contributed by atoms with Gasteiger partial charge in [0.05, 0.1) is 18.7 Å². The van der Waals surface area contributed by atoms with Crippen LogP contribution < -0.4 is 0 Å². The number of hydrogen-bond acceptors (Lipinski definition) is 4. The first-order chi connectivity index (χ1) is 13.6. The van der Waals surface area contributed by atoms with Gasteiger partial charge in [0.1, 0.15) is 5.76 Å². The average molecular weight is 402 g/mol. The quantitative estimate of drug-likeness (QED) is 0.771. The largest absolute Gasteiger partial charge is 0.445 e. The van der Waals surface area contributed by atoms with Gasteiger partial charge in [0.2, 0.25) is 11.8 Å². The van der Waals surface area contributed by atoms with Crippen molar-refractivity contribution < 1.29 is 14.0 Å². The van der Waals surface area contributed by atoms with Crippen molar-refractivity contribution in [3.63, 3.8) is 0 Å². The highest BCUT2D eigenvalue weighted by atomic mass is 35.5. The van der Waals surface area contributed by atoms with E-state index in [0.717, 1.165) is 37.1 Å². The van der Waals surface area contributed by atoms with Crippen LogP contribution in [0.2, 0.25) is 5.02 Å². The monoisotopic (exact) mass is 401 g/mol. The lowest BCUT2D eigenvalue weighted by atomic mass is 9.98. The summed E-state index contributed by atoms with van der Waals surface area (Å²) < 4.78 is 5.99. The molecule has 2 saturated heterocycles. The van der Waals surface area contributed by atoms with Crippen LogP contribution in [0.1, 0.15) is 48.8 Å². The lowest BCUT2D eigenvalue weighted by Gasteiger charge is -2.32. The molecule has 148 valence electrons. The first-order valence-corrected chi connectivity index (χ1v) is 10.2. The molecule has 7 heteroatoms. The normalized spacial score (nSPS) is 20.0. The van der Waals surface area contributed by atoms with Crippen molar-refractivity contribution in [1.82, 2.24) is 14.8 Å². The van der Waals surface area contributed by atoms with E-state index in [9.17, 15) is 9.59 Å². The fraction of sp³-hybridized carbons (Fsp3) is 0.476. The number of aromatic nitrogens is 1. The van der Waals surface area contributed by atoms with Gasteiger partial charge in [0.15, 0.2) is 5.89 Å². The molecule has 2 aliphatic heterocycles. The van der Waals surface area contributed by atoms with Gasteiger partial charge < -0.3 is 14.2 Å². The van der Waals surface area contributed by atoms with Gasteiger partial charge in [-0.2, -0.15) is 0 Å². The Morgan fingerprint density at radius 3 is 2.89 bits per heavy atom. The van der Waals surface area contributed by atoms with Crippen molar-refractivity contribution in [2.75, 3.05) is 26.2 Å². The molecule has 0 bridgehead atoms. The van der Waals surface area contributed by atoms with Crippen LogP contribution >= 0.6 is 11.6 Å². The number of hydrogen-bond donors (Lipinski definition) is 0. The molecule has 1 atom stereocenters. The van der Waals surface area contributed by atoms with Gasteiger partial charge in [0, 0.05) is 37.5 Å². The smallest absolute Gasteiger partial charge is 0.242 e. The zero-order valence-electron chi connectivity index (χ0n) is 15.8. The van der Waals surface area contributed by atoms with E-state index in [4.69, 9.17) is 16.0 Å². The van der Waals surface area contributed by atoms with E-state index in [1.165, 1.54) is 0 Å². The van der Waals surface area contributed by atoms with Crippen molar-refractivity contribution in [2.45, 2.75) is 38.0 Å². The summed E-state index contributed by atoms with van der Waals surface area (Å²) in [4.78, 5) is 32.4. The number of halogens is 1. The van der Waals surface area contributed by atoms with Crippen LogP contribution in [0, 0.1) is 0 Å². The second-order valence-corrected chi connectivity index (χ2v) is 7.94. The number of piperidine rings is 1. The predicted octanol–water partition coefficient (Wildman–Crippen LogP) is 3.25. The molecule has 1 unspecified atom stereocenters. The number of amides is 2. The highest BCUT2D eigenvalue weighted by Gasteiger charge is 2.30. The van der Waals surface area contributed by atoms with Gasteiger partial charge in [-0.05, 0) is 30.9 Å². The lowest BCUT2D eigenvalue weighted by Crippen LogP contribution is -2.45. The maximum atomic E-state index is 12.6. The standard InChI is InChI=1S/C21H24ClN3O3/c22-18-7-2-1-5-15(18)11-17-12-23-21(28-17)16-6-3-9-24(13-16)20(27)14-25-10-4-8-19(25)26/h1-2,5,7,12,16H,3-4,6,8-11,13-14H2. The Morgan fingerprint density at radius 1 is 1.25 bits per heavy atom. The van der Waals surface area contributed by atoms with Crippen molar-refractivity contribution in [3.8, 4) is 0 Å². The Kier molecular flexibility index (Phi) is 5.67. The van der Waals surface area contributed by atoms with E-state index in [0.29, 0.717) is 36.8 Å². The molecule has 0 radical (unpaired) electrons. The minimum Gasteiger partial charge on any atom is -0.445 e. The van der Waals surface area contributed by atoms with Gasteiger partial charge in [-0.3, -0.25) is 9.59 Å². The molecule has 3 heterocycles. The molecule has 6 nitrogen and oxygen atoms in total. The van der Waals surface area contributed by atoms with Crippen LogP contribution in [0.3, 0.4) is 0 Å². The van der Waals surface area contributed by atoms with E-state index in [1.54, 1.807) is 11.1 Å². The number of carbonyl (C=O) groups excluding carboxylic acids is 2. The van der Waals surface area contributed by atoms with E-state index < -0.39 is 0 Å². The predicted molar refractivity (Wildman–Crippen MR) is 105 cm³/mol. The van der Waals surface area contributed by atoms with Crippen LogP contribution in [-0.4, -0.2) is 52.8 Å². The Labute approximate surface area is 169 Å². The molecule has 1 aromatic carbocycles. The Hall–Kier alpha value is -2.34. The van der Waals surface area contributed by atoms with Crippen LogP contribution in [0.4, 0.5) is 0 Å². The Bertz CT molecular complexity index is 866. The van der Waals surface area contributed by atoms with Gasteiger partial charge in [-0.1, -0.05) is 29.8 Å². The van der Waals surface area contributed by atoms with E-state index >= 15 is 0 Å². The molecule has 2 aromatic rings. The number of benzene rings is 1. The van der Waals surface area contributed by atoms with Crippen molar-refractivity contribution >= 4 is 23.4 Å². The fourth-order valence-corrected chi connectivity index (χ4v) is 4.16. The molecule has 0 saturated carbocycles. The van der Waals surface area contributed by atoms with E-state index in [2.05, 4.69) is 4.98 Å². The summed E-state index contributed by atoms with van der Waals surface area (Å²) in [6.07, 6.45) is 5.60. The second-order valence-electron chi connectivity index (χ2n) is 7.53.